The summed E-state index contributed by atoms with van der Waals surface area (Å²) < 4.78 is 2.18. The maximum atomic E-state index is 11.3. The minimum absolute atomic E-state index is 0.532. The summed E-state index contributed by atoms with van der Waals surface area (Å²) in [4.78, 5) is 15.3. The molecule has 3 heteroatoms. The lowest BCUT2D eigenvalue weighted by Gasteiger charge is -2.09. The number of fused-ring (bicyclic) bond motifs is 1. The third-order valence-corrected chi connectivity index (χ3v) is 3.62. The molecule has 0 aliphatic rings. The van der Waals surface area contributed by atoms with E-state index in [4.69, 9.17) is 0 Å². The normalized spacial score (nSPS) is 11.2. The number of benzene rings is 1. The lowest BCUT2D eigenvalue weighted by molar-refractivity contribution is 0.112. The van der Waals surface area contributed by atoms with Gasteiger partial charge in [0.1, 0.15) is 0 Å². The molecular weight excluding hydrogens is 260 g/mol. The molecule has 0 amide bonds. The van der Waals surface area contributed by atoms with E-state index in [-0.39, 0.29) is 0 Å². The van der Waals surface area contributed by atoms with Crippen LogP contribution in [-0.4, -0.2) is 15.8 Å². The minimum atomic E-state index is 0.532. The molecule has 0 fully saturated rings. The predicted octanol–water partition coefficient (Wildman–Crippen LogP) is 4.17. The lowest BCUT2D eigenvalue weighted by atomic mass is 10.0. The van der Waals surface area contributed by atoms with Crippen molar-refractivity contribution in [2.75, 3.05) is 0 Å². The van der Waals surface area contributed by atoms with E-state index in [0.717, 1.165) is 40.4 Å². The van der Waals surface area contributed by atoms with E-state index in [2.05, 4.69) is 35.5 Å². The second-order valence-corrected chi connectivity index (χ2v) is 5.72. The number of carbonyl (C=O) groups is 1. The quantitative estimate of drug-likeness (QED) is 0.671. The van der Waals surface area contributed by atoms with Crippen molar-refractivity contribution >= 4 is 17.2 Å². The van der Waals surface area contributed by atoms with Crippen molar-refractivity contribution in [2.45, 2.75) is 20.4 Å². The number of pyridine rings is 1. The second-order valence-electron chi connectivity index (χ2n) is 5.72. The Labute approximate surface area is 124 Å². The summed E-state index contributed by atoms with van der Waals surface area (Å²) in [6.45, 7) is 5.27. The zero-order valence-electron chi connectivity index (χ0n) is 12.3. The highest BCUT2D eigenvalue weighted by Crippen LogP contribution is 2.27. The third kappa shape index (κ3) is 2.59. The third-order valence-electron chi connectivity index (χ3n) is 3.62. The highest BCUT2D eigenvalue weighted by molar-refractivity contribution is 5.99. The first-order chi connectivity index (χ1) is 10.2. The van der Waals surface area contributed by atoms with Gasteiger partial charge in [-0.05, 0) is 35.2 Å². The summed E-state index contributed by atoms with van der Waals surface area (Å²) in [5.74, 6) is 0.532. The topological polar surface area (TPSA) is 34.9 Å². The standard InChI is InChI=1S/C18H18N2O/c1-13(2)10-20-11-16(12-21)17-4-3-15(9-18(17)20)14-5-7-19-8-6-14/h3-9,11-13H,10H2,1-2H3. The lowest BCUT2D eigenvalue weighted by Crippen LogP contribution is -2.02. The molecule has 0 bridgehead atoms. The van der Waals surface area contributed by atoms with Crippen LogP contribution in [0.1, 0.15) is 24.2 Å². The maximum Gasteiger partial charge on any atom is 0.152 e. The van der Waals surface area contributed by atoms with Crippen LogP contribution in [0.2, 0.25) is 0 Å². The van der Waals surface area contributed by atoms with E-state index in [1.54, 1.807) is 12.4 Å². The van der Waals surface area contributed by atoms with Gasteiger partial charge in [-0.25, -0.2) is 0 Å². The number of hydrogen-bond donors (Lipinski definition) is 0. The first-order valence-electron chi connectivity index (χ1n) is 7.17. The van der Waals surface area contributed by atoms with Crippen molar-refractivity contribution in [1.82, 2.24) is 9.55 Å². The monoisotopic (exact) mass is 278 g/mol. The highest BCUT2D eigenvalue weighted by Gasteiger charge is 2.10. The van der Waals surface area contributed by atoms with Gasteiger partial charge in [0, 0.05) is 41.6 Å². The predicted molar refractivity (Wildman–Crippen MR) is 85.4 cm³/mol. The Hall–Kier alpha value is -2.42. The Balaban J connectivity index is 2.17. The van der Waals surface area contributed by atoms with E-state index < -0.39 is 0 Å². The number of nitrogens with zero attached hydrogens (tertiary/aromatic N) is 2. The number of aromatic nitrogens is 2. The molecule has 21 heavy (non-hydrogen) atoms. The molecule has 0 aliphatic carbocycles. The van der Waals surface area contributed by atoms with Crippen LogP contribution in [0.4, 0.5) is 0 Å². The molecule has 0 aliphatic heterocycles. The molecule has 0 unspecified atom stereocenters. The molecule has 1 aromatic carbocycles. The minimum Gasteiger partial charge on any atom is -0.346 e. The fourth-order valence-corrected chi connectivity index (χ4v) is 2.68. The van der Waals surface area contributed by atoms with Gasteiger partial charge in [0.25, 0.3) is 0 Å². The van der Waals surface area contributed by atoms with Gasteiger partial charge in [-0.2, -0.15) is 0 Å². The molecule has 2 aromatic heterocycles. The number of aldehydes is 1. The van der Waals surface area contributed by atoms with Crippen molar-refractivity contribution in [2.24, 2.45) is 5.92 Å². The molecule has 0 atom stereocenters. The Kier molecular flexibility index (Phi) is 3.57. The SMILES string of the molecule is CC(C)Cn1cc(C=O)c2ccc(-c3ccncc3)cc21. The van der Waals surface area contributed by atoms with Crippen molar-refractivity contribution in [3.8, 4) is 11.1 Å². The molecule has 3 aromatic rings. The molecule has 0 N–H and O–H groups in total. The van der Waals surface area contributed by atoms with E-state index in [1.807, 2.05) is 24.4 Å². The highest BCUT2D eigenvalue weighted by atomic mass is 16.1. The first kappa shape index (κ1) is 13.6. The first-order valence-corrected chi connectivity index (χ1v) is 7.17. The molecule has 106 valence electrons. The van der Waals surface area contributed by atoms with Crippen LogP contribution >= 0.6 is 0 Å². The Morgan fingerprint density at radius 1 is 1.14 bits per heavy atom. The average Bonchev–Trinajstić information content (AvgIpc) is 2.85. The Bertz CT molecular complexity index is 773. The Morgan fingerprint density at radius 3 is 2.57 bits per heavy atom. The molecule has 0 spiro atoms. The second kappa shape index (κ2) is 5.52. The molecular formula is C18H18N2O. The van der Waals surface area contributed by atoms with E-state index >= 15 is 0 Å². The van der Waals surface area contributed by atoms with Crippen LogP contribution in [-0.2, 0) is 6.54 Å². The van der Waals surface area contributed by atoms with Gasteiger partial charge < -0.3 is 4.57 Å². The zero-order valence-corrected chi connectivity index (χ0v) is 12.3. The molecule has 2 heterocycles. The van der Waals surface area contributed by atoms with Gasteiger partial charge in [0.15, 0.2) is 6.29 Å². The van der Waals surface area contributed by atoms with E-state index in [0.29, 0.717) is 5.92 Å². The number of carbonyl (C=O) groups excluding carboxylic acids is 1. The smallest absolute Gasteiger partial charge is 0.152 e. The van der Waals surface area contributed by atoms with Crippen LogP contribution in [0.15, 0.2) is 48.9 Å². The van der Waals surface area contributed by atoms with Crippen LogP contribution < -0.4 is 0 Å². The summed E-state index contributed by atoms with van der Waals surface area (Å²) in [6.07, 6.45) is 6.48. The average molecular weight is 278 g/mol. The van der Waals surface area contributed by atoms with Gasteiger partial charge in [-0.1, -0.05) is 26.0 Å². The summed E-state index contributed by atoms with van der Waals surface area (Å²) in [6, 6.07) is 10.2. The molecule has 0 saturated heterocycles. The van der Waals surface area contributed by atoms with Crippen molar-refractivity contribution in [3.05, 3.63) is 54.5 Å². The number of rotatable bonds is 4. The van der Waals surface area contributed by atoms with Gasteiger partial charge in [-0.3, -0.25) is 9.78 Å². The summed E-state index contributed by atoms with van der Waals surface area (Å²) in [7, 11) is 0. The fourth-order valence-electron chi connectivity index (χ4n) is 2.68. The number of hydrogen-bond acceptors (Lipinski definition) is 2. The van der Waals surface area contributed by atoms with Gasteiger partial charge in [0.2, 0.25) is 0 Å². The van der Waals surface area contributed by atoms with Gasteiger partial charge >= 0.3 is 0 Å². The van der Waals surface area contributed by atoms with Crippen LogP contribution in [0, 0.1) is 5.92 Å². The summed E-state index contributed by atoms with van der Waals surface area (Å²) in [5.41, 5.74) is 4.15. The van der Waals surface area contributed by atoms with Crippen molar-refractivity contribution in [3.63, 3.8) is 0 Å². The molecule has 0 saturated carbocycles. The van der Waals surface area contributed by atoms with Crippen LogP contribution in [0.5, 0.6) is 0 Å². The summed E-state index contributed by atoms with van der Waals surface area (Å²) >= 11 is 0. The summed E-state index contributed by atoms with van der Waals surface area (Å²) in [5, 5.41) is 1.02. The van der Waals surface area contributed by atoms with Crippen LogP contribution in [0.3, 0.4) is 0 Å². The Morgan fingerprint density at radius 2 is 1.90 bits per heavy atom. The zero-order chi connectivity index (χ0) is 14.8. The van der Waals surface area contributed by atoms with E-state index in [1.165, 1.54) is 0 Å². The van der Waals surface area contributed by atoms with Gasteiger partial charge in [-0.15, -0.1) is 0 Å². The van der Waals surface area contributed by atoms with Crippen molar-refractivity contribution in [1.29, 1.82) is 0 Å². The van der Waals surface area contributed by atoms with Crippen molar-refractivity contribution < 1.29 is 4.79 Å². The molecule has 3 rings (SSSR count). The largest absolute Gasteiger partial charge is 0.346 e. The molecule has 3 nitrogen and oxygen atoms in total. The van der Waals surface area contributed by atoms with Crippen LogP contribution in [0.25, 0.3) is 22.0 Å². The van der Waals surface area contributed by atoms with Gasteiger partial charge in [0.05, 0.1) is 0 Å². The molecule has 0 radical (unpaired) electrons. The maximum absolute atomic E-state index is 11.3. The fraction of sp³-hybridized carbons (Fsp3) is 0.222. The van der Waals surface area contributed by atoms with E-state index in [9.17, 15) is 4.79 Å².